The lowest BCUT2D eigenvalue weighted by molar-refractivity contribution is -0.653. The highest BCUT2D eigenvalue weighted by Gasteiger charge is 2.15. The van der Waals surface area contributed by atoms with Gasteiger partial charge in [0.05, 0.1) is 20.7 Å². The summed E-state index contributed by atoms with van der Waals surface area (Å²) in [7, 11) is 5.85. The summed E-state index contributed by atoms with van der Waals surface area (Å²) in [6.07, 6.45) is 3.91. The van der Waals surface area contributed by atoms with Crippen molar-refractivity contribution in [3.05, 3.63) is 48.3 Å². The molecule has 2 rings (SSSR count). The number of hydrogen-bond donors (Lipinski definition) is 0. The molecule has 0 saturated heterocycles. The molecule has 0 spiro atoms. The Morgan fingerprint density at radius 1 is 1.40 bits per heavy atom. The van der Waals surface area contributed by atoms with Gasteiger partial charge in [-0.15, -0.1) is 0 Å². The molecule has 20 heavy (non-hydrogen) atoms. The van der Waals surface area contributed by atoms with Crippen LogP contribution in [0.1, 0.15) is 18.3 Å². The largest absolute Gasteiger partial charge is 0.468 e. The molecule has 1 heterocycles. The van der Waals surface area contributed by atoms with Gasteiger partial charge in [-0.05, 0) is 6.92 Å². The minimum absolute atomic E-state index is 0.222. The van der Waals surface area contributed by atoms with Crippen molar-refractivity contribution >= 4 is 19.0 Å². The lowest BCUT2D eigenvalue weighted by atomic mass is 9.60. The minimum atomic E-state index is -0.393. The lowest BCUT2D eigenvalue weighted by Crippen LogP contribution is -2.52. The maximum atomic E-state index is 12.2. The fraction of sp³-hybridized carbons (Fsp3) is 0.333. The molecule has 0 unspecified atom stereocenters. The maximum absolute atomic E-state index is 12.2. The van der Waals surface area contributed by atoms with E-state index in [4.69, 9.17) is 4.74 Å². The molecule has 104 valence electrons. The van der Waals surface area contributed by atoms with Crippen LogP contribution < -0.4 is 10.3 Å². The predicted molar refractivity (Wildman–Crippen MR) is 77.8 cm³/mol. The number of aryl methyl sites for hydroxylation is 2. The van der Waals surface area contributed by atoms with Gasteiger partial charge in [-0.3, -0.25) is 13.9 Å². The van der Waals surface area contributed by atoms with E-state index in [0.29, 0.717) is 6.61 Å². The van der Waals surface area contributed by atoms with Gasteiger partial charge in [0.2, 0.25) is 0 Å². The van der Waals surface area contributed by atoms with Crippen molar-refractivity contribution in [2.24, 2.45) is 14.1 Å². The Bertz CT molecular complexity index is 561. The molecular formula is C15H19BN2O2. The lowest BCUT2D eigenvalue weighted by Gasteiger charge is -2.25. The van der Waals surface area contributed by atoms with Gasteiger partial charge in [0.15, 0.2) is 0 Å². The second kappa shape index (κ2) is 6.41. The van der Waals surface area contributed by atoms with Gasteiger partial charge in [-0.1, -0.05) is 41.7 Å². The number of benzene rings is 1. The first kappa shape index (κ1) is 14.4. The zero-order valence-electron chi connectivity index (χ0n) is 12.1. The number of imidazole rings is 1. The van der Waals surface area contributed by atoms with Crippen LogP contribution in [0.3, 0.4) is 0 Å². The third kappa shape index (κ3) is 3.10. The molecule has 2 aromatic rings. The van der Waals surface area contributed by atoms with Crippen LogP contribution in [0, 0.1) is 0 Å². The van der Waals surface area contributed by atoms with Gasteiger partial charge in [0.1, 0.15) is 12.4 Å². The monoisotopic (exact) mass is 270 g/mol. The molecule has 1 aromatic carbocycles. The Labute approximate surface area is 120 Å². The van der Waals surface area contributed by atoms with E-state index < -0.39 is 5.82 Å². The van der Waals surface area contributed by atoms with Gasteiger partial charge < -0.3 is 4.74 Å². The third-order valence-electron chi connectivity index (χ3n) is 3.25. The van der Waals surface area contributed by atoms with Crippen molar-refractivity contribution in [3.63, 3.8) is 0 Å². The molecule has 5 heteroatoms. The zero-order chi connectivity index (χ0) is 14.5. The molecule has 0 amide bonds. The molecule has 0 fully saturated rings. The second-order valence-electron chi connectivity index (χ2n) is 4.69. The van der Waals surface area contributed by atoms with E-state index in [0.717, 1.165) is 11.3 Å². The minimum Gasteiger partial charge on any atom is -0.468 e. The molecule has 0 aliphatic heterocycles. The van der Waals surface area contributed by atoms with Crippen LogP contribution in [0.5, 0.6) is 0 Å². The SMILES string of the molecule is CCOC(=O)[C@H]([B-]c1n(C)cc[n+]1C)c1ccccc1. The Morgan fingerprint density at radius 2 is 2.10 bits per heavy atom. The van der Waals surface area contributed by atoms with Crippen LogP contribution in [-0.2, 0) is 23.6 Å². The smallest absolute Gasteiger partial charge is 0.272 e. The fourth-order valence-electron chi connectivity index (χ4n) is 2.18. The number of hydrogen-bond acceptors (Lipinski definition) is 2. The van der Waals surface area contributed by atoms with Crippen molar-refractivity contribution in [2.75, 3.05) is 6.61 Å². The molecular weight excluding hydrogens is 251 g/mol. The van der Waals surface area contributed by atoms with Gasteiger partial charge in [-0.2, -0.15) is 7.28 Å². The highest BCUT2D eigenvalue weighted by Crippen LogP contribution is 2.15. The van der Waals surface area contributed by atoms with E-state index in [-0.39, 0.29) is 5.97 Å². The van der Waals surface area contributed by atoms with E-state index in [2.05, 4.69) is 0 Å². The average molecular weight is 270 g/mol. The number of rotatable bonds is 5. The van der Waals surface area contributed by atoms with Crippen LogP contribution >= 0.6 is 0 Å². The number of carbonyl (C=O) groups is 1. The van der Waals surface area contributed by atoms with Crippen molar-refractivity contribution in [1.29, 1.82) is 0 Å². The molecule has 2 radical (unpaired) electrons. The summed E-state index contributed by atoms with van der Waals surface area (Å²) in [6, 6.07) is 9.69. The van der Waals surface area contributed by atoms with Gasteiger partial charge in [0.25, 0.3) is 5.97 Å². The summed E-state index contributed by atoms with van der Waals surface area (Å²) in [5.74, 6) is -0.615. The van der Waals surface area contributed by atoms with Gasteiger partial charge in [0, 0.05) is 5.72 Å². The molecule has 0 N–H and O–H groups in total. The van der Waals surface area contributed by atoms with E-state index in [1.54, 1.807) is 0 Å². The highest BCUT2D eigenvalue weighted by molar-refractivity contribution is 6.56. The summed E-state index contributed by atoms with van der Waals surface area (Å²) >= 11 is 0. The quantitative estimate of drug-likeness (QED) is 0.450. The maximum Gasteiger partial charge on any atom is 0.272 e. The van der Waals surface area contributed by atoms with Crippen molar-refractivity contribution in [2.45, 2.75) is 12.7 Å². The van der Waals surface area contributed by atoms with Crippen molar-refractivity contribution < 1.29 is 14.1 Å². The predicted octanol–water partition coefficient (Wildman–Crippen LogP) is 0.484. The molecule has 0 bridgehead atoms. The van der Waals surface area contributed by atoms with E-state index in [9.17, 15) is 4.79 Å². The molecule has 4 nitrogen and oxygen atoms in total. The van der Waals surface area contributed by atoms with Crippen molar-refractivity contribution in [1.82, 2.24) is 4.57 Å². The number of nitrogens with zero attached hydrogens (tertiary/aromatic N) is 2. The molecule has 0 saturated carbocycles. The summed E-state index contributed by atoms with van der Waals surface area (Å²) in [5, 5.41) is 0. The van der Waals surface area contributed by atoms with Crippen LogP contribution in [0.2, 0.25) is 0 Å². The van der Waals surface area contributed by atoms with Crippen LogP contribution in [0.15, 0.2) is 42.7 Å². The molecule has 1 atom stereocenters. The summed E-state index contributed by atoms with van der Waals surface area (Å²) in [4.78, 5) is 12.2. The third-order valence-corrected chi connectivity index (χ3v) is 3.25. The van der Waals surface area contributed by atoms with Crippen molar-refractivity contribution in [3.8, 4) is 0 Å². The number of esters is 1. The van der Waals surface area contributed by atoms with Gasteiger partial charge in [-0.25, -0.2) is 0 Å². The highest BCUT2D eigenvalue weighted by atomic mass is 16.5. The number of aromatic nitrogens is 2. The van der Waals surface area contributed by atoms with Crippen LogP contribution in [-0.4, -0.2) is 24.4 Å². The van der Waals surface area contributed by atoms with Crippen LogP contribution in [0.25, 0.3) is 0 Å². The fourth-order valence-corrected chi connectivity index (χ4v) is 2.18. The Kier molecular flexibility index (Phi) is 4.61. The summed E-state index contributed by atoms with van der Waals surface area (Å²) < 4.78 is 9.16. The zero-order valence-corrected chi connectivity index (χ0v) is 12.1. The Balaban J connectivity index is 2.30. The first-order valence-corrected chi connectivity index (χ1v) is 6.71. The molecule has 0 aliphatic carbocycles. The molecule has 1 aromatic heterocycles. The van der Waals surface area contributed by atoms with E-state index >= 15 is 0 Å². The summed E-state index contributed by atoms with van der Waals surface area (Å²) in [6.45, 7) is 2.21. The average Bonchev–Trinajstić information content (AvgIpc) is 2.77. The molecule has 0 aliphatic rings. The van der Waals surface area contributed by atoms with E-state index in [1.165, 1.54) is 0 Å². The van der Waals surface area contributed by atoms with Crippen LogP contribution in [0.4, 0.5) is 0 Å². The van der Waals surface area contributed by atoms with E-state index in [1.807, 2.05) is 80.2 Å². The normalized spacial score (nSPS) is 12.2. The topological polar surface area (TPSA) is 35.1 Å². The Morgan fingerprint density at radius 3 is 2.65 bits per heavy atom. The Hall–Kier alpha value is -2.04. The first-order chi connectivity index (χ1) is 9.63. The van der Waals surface area contributed by atoms with Gasteiger partial charge >= 0.3 is 0 Å². The number of carbonyl (C=O) groups excluding carboxylic acids is 1. The second-order valence-corrected chi connectivity index (χ2v) is 4.69. The standard InChI is InChI=1S/C15H19BN2O2/c1-4-20-14(19)13(12-8-6-5-7-9-12)16-15-17(2)10-11-18(15)3/h5-11,13H,4H2,1-3H3/t13-/m1/s1. The number of ether oxygens (including phenoxy) is 1. The summed E-state index contributed by atoms with van der Waals surface area (Å²) in [5.41, 5.74) is 1.90. The first-order valence-electron chi connectivity index (χ1n) is 6.71.